The number of aromatic nitrogens is 1. The molecule has 2 heterocycles. The lowest BCUT2D eigenvalue weighted by atomic mass is 9.76. The number of pyridine rings is 1. The molecule has 1 saturated carbocycles. The minimum Gasteiger partial charge on any atom is -0.343 e. The third kappa shape index (κ3) is 6.92. The van der Waals surface area contributed by atoms with Gasteiger partial charge >= 0.3 is 0 Å². The molecule has 1 aliphatic heterocycles. The second-order valence-corrected chi connectivity index (χ2v) is 14.3. The van der Waals surface area contributed by atoms with E-state index in [1.165, 1.54) is 27.9 Å². The normalized spacial score (nSPS) is 23.0. The molecular weight excluding hydrogens is 662 g/mol. The van der Waals surface area contributed by atoms with Crippen molar-refractivity contribution in [3.05, 3.63) is 96.6 Å². The molecule has 1 atom stereocenters. The Hall–Kier alpha value is -1.73. The number of carbonyl (C=O) groups excluding carboxylic acids is 1. The fourth-order valence-corrected chi connectivity index (χ4v) is 8.82. The van der Waals surface area contributed by atoms with Crippen LogP contribution >= 0.6 is 43.5 Å². The van der Waals surface area contributed by atoms with Gasteiger partial charge in [0, 0.05) is 58.2 Å². The molecule has 0 unspecified atom stereocenters. The lowest BCUT2D eigenvalue weighted by Crippen LogP contribution is -2.41. The van der Waals surface area contributed by atoms with Crippen LogP contribution in [0.2, 0.25) is 5.02 Å². The van der Waals surface area contributed by atoms with E-state index in [9.17, 15) is 4.79 Å². The molecule has 6 rings (SSSR count). The number of halogens is 3. The van der Waals surface area contributed by atoms with Crippen LogP contribution in [0.25, 0.3) is 0 Å². The van der Waals surface area contributed by atoms with Crippen molar-refractivity contribution in [2.45, 2.75) is 76.3 Å². The Morgan fingerprint density at radius 1 is 0.951 bits per heavy atom. The van der Waals surface area contributed by atoms with Gasteiger partial charge in [-0.3, -0.25) is 9.78 Å². The Balaban J connectivity index is 1.06. The number of aryl methyl sites for hydroxylation is 2. The molecule has 1 amide bonds. The summed E-state index contributed by atoms with van der Waals surface area (Å²) < 4.78 is 2.11. The Kier molecular flexibility index (Phi) is 9.51. The molecule has 3 aromatic rings. The van der Waals surface area contributed by atoms with Gasteiger partial charge in [-0.05, 0) is 120 Å². The second kappa shape index (κ2) is 13.3. The molecule has 3 aliphatic rings. The van der Waals surface area contributed by atoms with Crippen molar-refractivity contribution in [3.8, 4) is 0 Å². The maximum atomic E-state index is 13.4. The smallest absolute Gasteiger partial charge is 0.222 e. The third-order valence-electron chi connectivity index (χ3n) is 9.53. The SMILES string of the molecule is O=C(CC1CCC(NCc2ccccc2)CC1)N1CCC([C@H]2c3ncc(Br)cc3CCc3cc(Cl)cc(Br)c32)CC1. The molecule has 216 valence electrons. The van der Waals surface area contributed by atoms with Crippen molar-refractivity contribution in [3.63, 3.8) is 0 Å². The average molecular weight is 700 g/mol. The van der Waals surface area contributed by atoms with E-state index in [1.807, 2.05) is 12.3 Å². The molecule has 2 aliphatic carbocycles. The van der Waals surface area contributed by atoms with Gasteiger partial charge in [-0.15, -0.1) is 0 Å². The molecule has 0 spiro atoms. The summed E-state index contributed by atoms with van der Waals surface area (Å²) in [5.41, 5.74) is 6.50. The van der Waals surface area contributed by atoms with Crippen LogP contribution in [0.1, 0.15) is 78.8 Å². The quantitative estimate of drug-likeness (QED) is 0.281. The van der Waals surface area contributed by atoms with E-state index in [4.69, 9.17) is 16.6 Å². The number of nitrogens with zero attached hydrogens (tertiary/aromatic N) is 2. The number of fused-ring (bicyclic) bond motifs is 2. The van der Waals surface area contributed by atoms with Crippen molar-refractivity contribution in [1.29, 1.82) is 0 Å². The molecule has 0 radical (unpaired) electrons. The molecule has 0 bridgehead atoms. The summed E-state index contributed by atoms with van der Waals surface area (Å²) >= 11 is 14.0. The molecule has 2 aromatic carbocycles. The van der Waals surface area contributed by atoms with E-state index < -0.39 is 0 Å². The van der Waals surface area contributed by atoms with E-state index in [0.29, 0.717) is 30.2 Å². The maximum Gasteiger partial charge on any atom is 0.222 e. The molecule has 1 aromatic heterocycles. The summed E-state index contributed by atoms with van der Waals surface area (Å²) in [4.78, 5) is 20.5. The minimum absolute atomic E-state index is 0.207. The predicted molar refractivity (Wildman–Crippen MR) is 173 cm³/mol. The van der Waals surface area contributed by atoms with Gasteiger partial charge in [0.2, 0.25) is 5.91 Å². The number of rotatable bonds is 6. The predicted octanol–water partition coefficient (Wildman–Crippen LogP) is 8.47. The highest BCUT2D eigenvalue weighted by atomic mass is 79.9. The van der Waals surface area contributed by atoms with E-state index in [-0.39, 0.29) is 5.92 Å². The Morgan fingerprint density at radius 2 is 1.68 bits per heavy atom. The summed E-state index contributed by atoms with van der Waals surface area (Å²) in [5.74, 6) is 1.50. The van der Waals surface area contributed by atoms with Gasteiger partial charge in [-0.1, -0.05) is 57.9 Å². The highest BCUT2D eigenvalue weighted by molar-refractivity contribution is 9.10. The van der Waals surface area contributed by atoms with Crippen LogP contribution in [0.3, 0.4) is 0 Å². The van der Waals surface area contributed by atoms with E-state index in [1.54, 1.807) is 0 Å². The topological polar surface area (TPSA) is 45.2 Å². The first-order chi connectivity index (χ1) is 19.9. The van der Waals surface area contributed by atoms with Crippen LogP contribution in [0.15, 0.2) is 63.7 Å². The number of amides is 1. The lowest BCUT2D eigenvalue weighted by molar-refractivity contribution is -0.134. The number of hydrogen-bond donors (Lipinski definition) is 1. The summed E-state index contributed by atoms with van der Waals surface area (Å²) in [7, 11) is 0. The average Bonchev–Trinajstić information content (AvgIpc) is 3.14. The molecule has 4 nitrogen and oxygen atoms in total. The fourth-order valence-electron chi connectivity index (χ4n) is 7.32. The first-order valence-corrected chi connectivity index (χ1v) is 17.1. The van der Waals surface area contributed by atoms with E-state index in [0.717, 1.165) is 85.0 Å². The molecule has 7 heteroatoms. The maximum absolute atomic E-state index is 13.4. The summed E-state index contributed by atoms with van der Waals surface area (Å²) in [6.07, 6.45) is 11.2. The standard InChI is InChI=1S/C34H38Br2ClN3O/c35-27-17-26-9-8-25-18-28(37)19-30(36)32(25)33(34(26)39-21-27)24-12-14-40(15-13-24)31(41)16-22-6-10-29(11-7-22)38-20-23-4-2-1-3-5-23/h1-5,17-19,21-22,24,29,33,38H,6-16,20H2/t22?,29?,33-/m1/s1. The molecule has 1 saturated heterocycles. The summed E-state index contributed by atoms with van der Waals surface area (Å²) in [6, 6.07) is 17.6. The number of likely N-dealkylation sites (tertiary alicyclic amines) is 1. The van der Waals surface area contributed by atoms with E-state index >= 15 is 0 Å². The zero-order valence-corrected chi connectivity index (χ0v) is 27.4. The molecular formula is C34H38Br2ClN3O. The van der Waals surface area contributed by atoms with Crippen LogP contribution < -0.4 is 5.32 Å². The summed E-state index contributed by atoms with van der Waals surface area (Å²) in [6.45, 7) is 2.59. The first-order valence-electron chi connectivity index (χ1n) is 15.1. The Labute approximate surface area is 265 Å². The first kappa shape index (κ1) is 29.3. The summed E-state index contributed by atoms with van der Waals surface area (Å²) in [5, 5.41) is 4.50. The van der Waals surface area contributed by atoms with Crippen LogP contribution in [0.5, 0.6) is 0 Å². The number of nitrogens with one attached hydrogen (secondary N) is 1. The minimum atomic E-state index is 0.207. The largest absolute Gasteiger partial charge is 0.343 e. The number of hydrogen-bond acceptors (Lipinski definition) is 3. The monoisotopic (exact) mass is 697 g/mol. The van der Waals surface area contributed by atoms with Crippen molar-refractivity contribution < 1.29 is 4.79 Å². The van der Waals surface area contributed by atoms with Crippen molar-refractivity contribution >= 4 is 49.4 Å². The second-order valence-electron chi connectivity index (χ2n) is 12.1. The van der Waals surface area contributed by atoms with Gasteiger partial charge < -0.3 is 10.2 Å². The van der Waals surface area contributed by atoms with Gasteiger partial charge in [-0.2, -0.15) is 0 Å². The van der Waals surface area contributed by atoms with Crippen LogP contribution in [0.4, 0.5) is 0 Å². The van der Waals surface area contributed by atoms with Crippen LogP contribution in [-0.2, 0) is 24.2 Å². The van der Waals surface area contributed by atoms with Crippen LogP contribution in [-0.4, -0.2) is 34.9 Å². The van der Waals surface area contributed by atoms with Gasteiger partial charge in [0.05, 0.1) is 5.69 Å². The highest BCUT2D eigenvalue weighted by Crippen LogP contribution is 2.46. The molecule has 2 fully saturated rings. The fraction of sp³-hybridized carbons (Fsp3) is 0.471. The lowest BCUT2D eigenvalue weighted by Gasteiger charge is -2.38. The van der Waals surface area contributed by atoms with E-state index in [2.05, 4.69) is 84.5 Å². The third-order valence-corrected chi connectivity index (χ3v) is 10.8. The molecule has 1 N–H and O–H groups in total. The van der Waals surface area contributed by atoms with Gasteiger partial charge in [0.1, 0.15) is 0 Å². The number of piperidine rings is 1. The molecule has 41 heavy (non-hydrogen) atoms. The van der Waals surface area contributed by atoms with Crippen LogP contribution in [0, 0.1) is 11.8 Å². The van der Waals surface area contributed by atoms with Gasteiger partial charge in [-0.25, -0.2) is 0 Å². The van der Waals surface area contributed by atoms with Crippen molar-refractivity contribution in [2.24, 2.45) is 11.8 Å². The highest BCUT2D eigenvalue weighted by Gasteiger charge is 2.36. The number of benzene rings is 2. The zero-order valence-electron chi connectivity index (χ0n) is 23.4. The zero-order chi connectivity index (χ0) is 28.3. The number of carbonyl (C=O) groups is 1. The van der Waals surface area contributed by atoms with Gasteiger partial charge in [0.15, 0.2) is 0 Å². The Bertz CT molecular complexity index is 1370. The van der Waals surface area contributed by atoms with Crippen molar-refractivity contribution in [2.75, 3.05) is 13.1 Å². The van der Waals surface area contributed by atoms with Gasteiger partial charge in [0.25, 0.3) is 0 Å². The Morgan fingerprint density at radius 3 is 2.44 bits per heavy atom. The van der Waals surface area contributed by atoms with Crippen molar-refractivity contribution in [1.82, 2.24) is 15.2 Å².